The molecule has 0 spiro atoms. The first-order chi connectivity index (χ1) is 12.0. The van der Waals surface area contributed by atoms with Crippen LogP contribution in [0.1, 0.15) is 40.5 Å². The number of amides is 2. The molecule has 148 valence electrons. The lowest BCUT2D eigenvalue weighted by Gasteiger charge is -2.32. The Balaban J connectivity index is 3.03. The molecule has 3 N–H and O–H groups in total. The van der Waals surface area contributed by atoms with Gasteiger partial charge in [0.25, 0.3) is 0 Å². The van der Waals surface area contributed by atoms with Gasteiger partial charge >= 0.3 is 12.1 Å². The molecule has 1 aliphatic rings. The maximum atomic E-state index is 12.2. The van der Waals surface area contributed by atoms with E-state index >= 15 is 0 Å². The van der Waals surface area contributed by atoms with Gasteiger partial charge in [0, 0.05) is 18.9 Å². The molecule has 8 nitrogen and oxygen atoms in total. The zero-order chi connectivity index (χ0) is 20.1. The lowest BCUT2D eigenvalue weighted by atomic mass is 9.89. The van der Waals surface area contributed by atoms with Gasteiger partial charge in [-0.05, 0) is 33.6 Å². The molecule has 1 aliphatic carbocycles. The van der Waals surface area contributed by atoms with Crippen molar-refractivity contribution in [3.63, 3.8) is 0 Å². The summed E-state index contributed by atoms with van der Waals surface area (Å²) >= 11 is 0. The molecule has 26 heavy (non-hydrogen) atoms. The normalized spacial score (nSPS) is 24.9. The van der Waals surface area contributed by atoms with Crippen LogP contribution in [0.2, 0.25) is 0 Å². The first-order valence-corrected chi connectivity index (χ1v) is 8.63. The van der Waals surface area contributed by atoms with Crippen LogP contribution in [0.5, 0.6) is 0 Å². The molecule has 0 heterocycles. The maximum absolute atomic E-state index is 12.2. The summed E-state index contributed by atoms with van der Waals surface area (Å²) in [5.41, 5.74) is -0.669. The number of methoxy groups -OCH3 is 1. The van der Waals surface area contributed by atoms with Crippen LogP contribution in [0.3, 0.4) is 0 Å². The van der Waals surface area contributed by atoms with Crippen molar-refractivity contribution in [2.75, 3.05) is 7.11 Å². The Morgan fingerprint density at radius 2 is 1.88 bits per heavy atom. The third kappa shape index (κ3) is 6.33. The SMILES string of the molecule is C=CC(O)C(NC(C)=O)[C@H]1CC(C(=O)OC)C[C@@H]1NC(=O)OC(C)(C)C. The van der Waals surface area contributed by atoms with Gasteiger partial charge in [-0.1, -0.05) is 6.08 Å². The zero-order valence-electron chi connectivity index (χ0n) is 16.1. The van der Waals surface area contributed by atoms with Gasteiger partial charge in [0.15, 0.2) is 0 Å². The van der Waals surface area contributed by atoms with Crippen molar-refractivity contribution in [1.82, 2.24) is 10.6 Å². The summed E-state index contributed by atoms with van der Waals surface area (Å²) in [6.45, 7) is 10.1. The van der Waals surface area contributed by atoms with E-state index in [-0.39, 0.29) is 11.8 Å². The Morgan fingerprint density at radius 1 is 1.27 bits per heavy atom. The quantitative estimate of drug-likeness (QED) is 0.477. The number of hydrogen-bond acceptors (Lipinski definition) is 6. The van der Waals surface area contributed by atoms with Gasteiger partial charge in [0.1, 0.15) is 5.60 Å². The minimum atomic E-state index is -1.02. The molecule has 0 aromatic heterocycles. The molecule has 1 fully saturated rings. The summed E-state index contributed by atoms with van der Waals surface area (Å²) < 4.78 is 10.1. The summed E-state index contributed by atoms with van der Waals surface area (Å²) in [6, 6.07) is -1.17. The lowest BCUT2D eigenvalue weighted by molar-refractivity contribution is -0.145. The van der Waals surface area contributed by atoms with E-state index in [1.54, 1.807) is 20.8 Å². The molecule has 0 aromatic carbocycles. The molecule has 8 heteroatoms. The van der Waals surface area contributed by atoms with E-state index in [9.17, 15) is 19.5 Å². The molecule has 1 saturated carbocycles. The molecule has 3 unspecified atom stereocenters. The van der Waals surface area contributed by atoms with Crippen LogP contribution in [-0.2, 0) is 19.1 Å². The van der Waals surface area contributed by atoms with Crippen LogP contribution >= 0.6 is 0 Å². The summed E-state index contributed by atoms with van der Waals surface area (Å²) in [5.74, 6) is -1.55. The number of alkyl carbamates (subject to hydrolysis) is 1. The molecule has 1 rings (SSSR count). The van der Waals surface area contributed by atoms with Crippen LogP contribution in [0.15, 0.2) is 12.7 Å². The number of carbonyl (C=O) groups is 3. The highest BCUT2D eigenvalue weighted by Crippen LogP contribution is 2.36. The van der Waals surface area contributed by atoms with Crippen molar-refractivity contribution in [2.24, 2.45) is 11.8 Å². The maximum Gasteiger partial charge on any atom is 0.407 e. The first-order valence-electron chi connectivity index (χ1n) is 8.63. The van der Waals surface area contributed by atoms with E-state index in [0.29, 0.717) is 12.8 Å². The number of esters is 1. The van der Waals surface area contributed by atoms with Crippen molar-refractivity contribution >= 4 is 18.0 Å². The van der Waals surface area contributed by atoms with Gasteiger partial charge in [0.2, 0.25) is 5.91 Å². The fraction of sp³-hybridized carbons (Fsp3) is 0.722. The number of aliphatic hydroxyl groups excluding tert-OH is 1. The van der Waals surface area contributed by atoms with E-state index in [1.165, 1.54) is 20.1 Å². The average molecular weight is 370 g/mol. The molecule has 0 aromatic rings. The van der Waals surface area contributed by atoms with E-state index in [1.807, 2.05) is 0 Å². The predicted molar refractivity (Wildman–Crippen MR) is 95.2 cm³/mol. The molecule has 0 saturated heterocycles. The van der Waals surface area contributed by atoms with Gasteiger partial charge in [-0.15, -0.1) is 6.58 Å². The number of rotatable bonds is 6. The van der Waals surface area contributed by atoms with Crippen LogP contribution in [0, 0.1) is 11.8 Å². The third-order valence-electron chi connectivity index (χ3n) is 4.29. The van der Waals surface area contributed by atoms with Crippen LogP contribution in [-0.4, -0.2) is 54.0 Å². The van der Waals surface area contributed by atoms with Gasteiger partial charge in [-0.3, -0.25) is 9.59 Å². The van der Waals surface area contributed by atoms with Gasteiger partial charge in [0.05, 0.1) is 25.2 Å². The fourth-order valence-corrected chi connectivity index (χ4v) is 3.28. The highest BCUT2D eigenvalue weighted by atomic mass is 16.6. The minimum Gasteiger partial charge on any atom is -0.469 e. The van der Waals surface area contributed by atoms with Crippen molar-refractivity contribution in [1.29, 1.82) is 0 Å². The number of aliphatic hydroxyl groups is 1. The minimum absolute atomic E-state index is 0.326. The Labute approximate surface area is 154 Å². The van der Waals surface area contributed by atoms with Gasteiger partial charge in [-0.2, -0.15) is 0 Å². The first kappa shape index (κ1) is 22.0. The second-order valence-corrected chi connectivity index (χ2v) is 7.56. The molecule has 0 bridgehead atoms. The molecule has 2 amide bonds. The van der Waals surface area contributed by atoms with Crippen LogP contribution < -0.4 is 10.6 Å². The average Bonchev–Trinajstić information content (AvgIpc) is 2.92. The van der Waals surface area contributed by atoms with Crippen molar-refractivity contribution in [2.45, 2.75) is 64.3 Å². The number of carbonyl (C=O) groups excluding carboxylic acids is 3. The number of ether oxygens (including phenoxy) is 2. The smallest absolute Gasteiger partial charge is 0.407 e. The van der Waals surface area contributed by atoms with Crippen LogP contribution in [0.4, 0.5) is 4.79 Å². The van der Waals surface area contributed by atoms with Crippen molar-refractivity contribution in [3.05, 3.63) is 12.7 Å². The highest BCUT2D eigenvalue weighted by Gasteiger charge is 2.45. The Morgan fingerprint density at radius 3 is 2.35 bits per heavy atom. The van der Waals surface area contributed by atoms with Crippen LogP contribution in [0.25, 0.3) is 0 Å². The highest BCUT2D eigenvalue weighted by molar-refractivity contribution is 5.75. The molecular formula is C18H30N2O6. The largest absolute Gasteiger partial charge is 0.469 e. The summed E-state index contributed by atoms with van der Waals surface area (Å²) in [5, 5.41) is 15.7. The zero-order valence-corrected chi connectivity index (χ0v) is 16.1. The molecule has 0 radical (unpaired) electrons. The second kappa shape index (κ2) is 9.02. The molecule has 5 atom stereocenters. The Bertz CT molecular complexity index is 542. The van der Waals surface area contributed by atoms with E-state index in [0.717, 1.165) is 0 Å². The monoisotopic (exact) mass is 370 g/mol. The van der Waals surface area contributed by atoms with Gasteiger partial charge < -0.3 is 25.2 Å². The summed E-state index contributed by atoms with van der Waals surface area (Å²) in [4.78, 5) is 35.7. The van der Waals surface area contributed by atoms with E-state index in [4.69, 9.17) is 9.47 Å². The van der Waals surface area contributed by atoms with E-state index < -0.39 is 41.8 Å². The predicted octanol–water partition coefficient (Wildman–Crippen LogP) is 1.13. The Hall–Kier alpha value is -2.09. The van der Waals surface area contributed by atoms with Gasteiger partial charge in [-0.25, -0.2) is 4.79 Å². The van der Waals surface area contributed by atoms with Crippen molar-refractivity contribution < 1.29 is 29.0 Å². The fourth-order valence-electron chi connectivity index (χ4n) is 3.28. The second-order valence-electron chi connectivity index (χ2n) is 7.56. The summed E-state index contributed by atoms with van der Waals surface area (Å²) in [6.07, 6.45) is 0.353. The molecular weight excluding hydrogens is 340 g/mol. The standard InChI is InChI=1S/C18H30N2O6/c1-7-14(22)15(19-10(2)21)12-8-11(16(23)25-6)9-13(12)20-17(24)26-18(3,4)5/h7,11-15,22H,1,8-9H2,2-6H3,(H,19,21)(H,20,24)/t11?,12-,13-,14?,15?/m0/s1. The lowest BCUT2D eigenvalue weighted by Crippen LogP contribution is -2.53. The number of hydrogen-bond donors (Lipinski definition) is 3. The number of nitrogens with one attached hydrogen (secondary N) is 2. The topological polar surface area (TPSA) is 114 Å². The van der Waals surface area contributed by atoms with Crippen molar-refractivity contribution in [3.8, 4) is 0 Å². The Kier molecular flexibility index (Phi) is 7.62. The summed E-state index contributed by atoms with van der Waals surface area (Å²) in [7, 11) is 1.30. The molecule has 0 aliphatic heterocycles. The van der Waals surface area contributed by atoms with E-state index in [2.05, 4.69) is 17.2 Å². The third-order valence-corrected chi connectivity index (χ3v) is 4.29.